The SMILES string of the molecule is Cc1ccc(N2CCN(C(=O)c3cc4c(-c5ccccc5F)nn(C)c4s3)C[C@H]2C)cc1. The van der Waals surface area contributed by atoms with Crippen LogP contribution >= 0.6 is 11.3 Å². The number of hydrogen-bond donors (Lipinski definition) is 0. The molecule has 1 aliphatic heterocycles. The lowest BCUT2D eigenvalue weighted by Gasteiger charge is -2.41. The fourth-order valence-corrected chi connectivity index (χ4v) is 5.46. The number of aryl methyl sites for hydroxylation is 2. The van der Waals surface area contributed by atoms with Crippen molar-refractivity contribution in [3.05, 3.63) is 70.9 Å². The second kappa shape index (κ2) is 8.06. The first-order valence-corrected chi connectivity index (χ1v) is 11.6. The van der Waals surface area contributed by atoms with Gasteiger partial charge in [-0.25, -0.2) is 4.39 Å². The largest absolute Gasteiger partial charge is 0.365 e. The maximum Gasteiger partial charge on any atom is 0.264 e. The van der Waals surface area contributed by atoms with E-state index in [0.717, 1.165) is 16.8 Å². The number of carbonyl (C=O) groups is 1. The molecule has 32 heavy (non-hydrogen) atoms. The third-order valence-electron chi connectivity index (χ3n) is 6.13. The fraction of sp³-hybridized carbons (Fsp3) is 0.280. The van der Waals surface area contributed by atoms with Crippen molar-refractivity contribution in [3.63, 3.8) is 0 Å². The molecule has 0 spiro atoms. The zero-order valence-electron chi connectivity index (χ0n) is 18.4. The molecule has 3 heterocycles. The van der Waals surface area contributed by atoms with Crippen molar-refractivity contribution in [3.8, 4) is 11.3 Å². The molecule has 0 N–H and O–H groups in total. The van der Waals surface area contributed by atoms with Crippen molar-refractivity contribution in [2.75, 3.05) is 24.5 Å². The summed E-state index contributed by atoms with van der Waals surface area (Å²) in [4.78, 5) is 19.2. The second-order valence-electron chi connectivity index (χ2n) is 8.41. The van der Waals surface area contributed by atoms with Crippen molar-refractivity contribution in [2.24, 2.45) is 7.05 Å². The molecule has 4 aromatic rings. The first-order chi connectivity index (χ1) is 15.4. The molecule has 0 unspecified atom stereocenters. The highest BCUT2D eigenvalue weighted by Gasteiger charge is 2.29. The van der Waals surface area contributed by atoms with E-state index in [9.17, 15) is 9.18 Å². The third kappa shape index (κ3) is 3.56. The third-order valence-corrected chi connectivity index (χ3v) is 7.32. The molecule has 1 fully saturated rings. The van der Waals surface area contributed by atoms with E-state index in [-0.39, 0.29) is 17.8 Å². The maximum absolute atomic E-state index is 14.4. The van der Waals surface area contributed by atoms with Gasteiger partial charge in [0.2, 0.25) is 0 Å². The Bertz CT molecular complexity index is 1290. The summed E-state index contributed by atoms with van der Waals surface area (Å²) < 4.78 is 16.1. The van der Waals surface area contributed by atoms with Crippen LogP contribution in [0.5, 0.6) is 0 Å². The van der Waals surface area contributed by atoms with E-state index < -0.39 is 0 Å². The lowest BCUT2D eigenvalue weighted by molar-refractivity contribution is 0.0731. The van der Waals surface area contributed by atoms with Gasteiger partial charge in [0.05, 0.1) is 4.88 Å². The van der Waals surface area contributed by atoms with Gasteiger partial charge in [-0.1, -0.05) is 29.8 Å². The van der Waals surface area contributed by atoms with Gasteiger partial charge in [-0.2, -0.15) is 5.10 Å². The van der Waals surface area contributed by atoms with Crippen LogP contribution in [0.15, 0.2) is 54.6 Å². The Morgan fingerprint density at radius 2 is 1.88 bits per heavy atom. The summed E-state index contributed by atoms with van der Waals surface area (Å²) in [6.45, 7) is 6.37. The molecule has 0 saturated carbocycles. The molecule has 1 atom stereocenters. The van der Waals surface area contributed by atoms with E-state index in [1.165, 1.54) is 28.7 Å². The van der Waals surface area contributed by atoms with Crippen molar-refractivity contribution in [1.29, 1.82) is 0 Å². The van der Waals surface area contributed by atoms with E-state index in [2.05, 4.69) is 48.1 Å². The van der Waals surface area contributed by atoms with Gasteiger partial charge in [0.25, 0.3) is 5.91 Å². The number of benzene rings is 2. The minimum atomic E-state index is -0.312. The summed E-state index contributed by atoms with van der Waals surface area (Å²) in [5.41, 5.74) is 3.46. The minimum absolute atomic E-state index is 0.0288. The lowest BCUT2D eigenvalue weighted by Crippen LogP contribution is -2.53. The summed E-state index contributed by atoms with van der Waals surface area (Å²) in [5.74, 6) is -0.284. The number of amides is 1. The molecule has 7 heteroatoms. The fourth-order valence-electron chi connectivity index (χ4n) is 4.42. The number of hydrogen-bond acceptors (Lipinski definition) is 4. The van der Waals surface area contributed by atoms with E-state index in [1.807, 2.05) is 18.0 Å². The number of thiophene rings is 1. The average molecular weight is 449 g/mol. The Morgan fingerprint density at radius 1 is 1.12 bits per heavy atom. The first kappa shape index (κ1) is 20.7. The lowest BCUT2D eigenvalue weighted by atomic mass is 10.1. The molecule has 5 nitrogen and oxygen atoms in total. The summed E-state index contributed by atoms with van der Waals surface area (Å²) in [5, 5.41) is 5.33. The molecule has 0 radical (unpaired) electrons. The Labute approximate surface area is 190 Å². The van der Waals surface area contributed by atoms with E-state index in [0.29, 0.717) is 29.2 Å². The van der Waals surface area contributed by atoms with Gasteiger partial charge in [-0.15, -0.1) is 11.3 Å². The summed E-state index contributed by atoms with van der Waals surface area (Å²) >= 11 is 1.42. The van der Waals surface area contributed by atoms with Crippen LogP contribution in [0.3, 0.4) is 0 Å². The van der Waals surface area contributed by atoms with E-state index in [4.69, 9.17) is 0 Å². The summed E-state index contributed by atoms with van der Waals surface area (Å²) in [6, 6.07) is 17.3. The Balaban J connectivity index is 1.39. The van der Waals surface area contributed by atoms with Gasteiger partial charge in [0.15, 0.2) is 0 Å². The summed E-state index contributed by atoms with van der Waals surface area (Å²) in [6.07, 6.45) is 0. The Hall–Kier alpha value is -3.19. The number of carbonyl (C=O) groups excluding carboxylic acids is 1. The molecule has 5 rings (SSSR count). The molecule has 0 aliphatic carbocycles. The number of piperazine rings is 1. The van der Waals surface area contributed by atoms with E-state index in [1.54, 1.807) is 22.9 Å². The van der Waals surface area contributed by atoms with Crippen molar-refractivity contribution in [2.45, 2.75) is 19.9 Å². The highest BCUT2D eigenvalue weighted by molar-refractivity contribution is 7.20. The highest BCUT2D eigenvalue weighted by atomic mass is 32.1. The predicted molar refractivity (Wildman–Crippen MR) is 128 cm³/mol. The second-order valence-corrected chi connectivity index (χ2v) is 9.44. The number of anilines is 1. The number of nitrogens with zero attached hydrogens (tertiary/aromatic N) is 4. The highest BCUT2D eigenvalue weighted by Crippen LogP contribution is 2.35. The van der Waals surface area contributed by atoms with Crippen LogP contribution < -0.4 is 4.90 Å². The first-order valence-electron chi connectivity index (χ1n) is 10.8. The molecular weight excluding hydrogens is 423 g/mol. The van der Waals surface area contributed by atoms with E-state index >= 15 is 0 Å². The normalized spacial score (nSPS) is 16.7. The molecule has 2 aromatic carbocycles. The standard InChI is InChI=1S/C25H25FN4OS/c1-16-8-10-18(11-9-16)30-13-12-29(15-17(30)2)24(31)22-14-20-23(27-28(3)25(20)32-22)19-6-4-5-7-21(19)26/h4-11,14,17H,12-13,15H2,1-3H3/t17-/m1/s1. The molecule has 1 aliphatic rings. The van der Waals surface area contributed by atoms with Crippen LogP contribution in [0.1, 0.15) is 22.2 Å². The smallest absolute Gasteiger partial charge is 0.264 e. The van der Waals surface area contributed by atoms with Crippen molar-refractivity contribution in [1.82, 2.24) is 14.7 Å². The maximum atomic E-state index is 14.4. The zero-order valence-corrected chi connectivity index (χ0v) is 19.2. The predicted octanol–water partition coefficient (Wildman–Crippen LogP) is 5.10. The van der Waals surface area contributed by atoms with Crippen LogP contribution in [-0.2, 0) is 7.05 Å². The molecular formula is C25H25FN4OS. The molecule has 1 amide bonds. The zero-order chi connectivity index (χ0) is 22.4. The van der Waals surface area contributed by atoms with Crippen LogP contribution in [-0.4, -0.2) is 46.3 Å². The van der Waals surface area contributed by atoms with Gasteiger partial charge in [-0.05, 0) is 44.2 Å². The van der Waals surface area contributed by atoms with Crippen molar-refractivity contribution < 1.29 is 9.18 Å². The molecule has 0 bridgehead atoms. The van der Waals surface area contributed by atoms with Gasteiger partial charge >= 0.3 is 0 Å². The quantitative estimate of drug-likeness (QED) is 0.438. The number of halogens is 1. The molecule has 1 saturated heterocycles. The topological polar surface area (TPSA) is 41.4 Å². The average Bonchev–Trinajstić information content (AvgIpc) is 3.35. The van der Waals surface area contributed by atoms with Gasteiger partial charge in [0, 0.05) is 49.4 Å². The van der Waals surface area contributed by atoms with Crippen LogP contribution in [0.2, 0.25) is 0 Å². The summed E-state index contributed by atoms with van der Waals surface area (Å²) in [7, 11) is 1.83. The number of rotatable bonds is 3. The molecule has 2 aromatic heterocycles. The number of aromatic nitrogens is 2. The monoisotopic (exact) mass is 448 g/mol. The molecule has 164 valence electrons. The Kier molecular flexibility index (Phi) is 5.21. The minimum Gasteiger partial charge on any atom is -0.365 e. The van der Waals surface area contributed by atoms with Crippen LogP contribution in [0.4, 0.5) is 10.1 Å². The van der Waals surface area contributed by atoms with Crippen molar-refractivity contribution >= 4 is 33.1 Å². The van der Waals surface area contributed by atoms with Gasteiger partial charge in [0.1, 0.15) is 16.3 Å². The van der Waals surface area contributed by atoms with Crippen LogP contribution in [0.25, 0.3) is 21.5 Å². The van der Waals surface area contributed by atoms with Crippen LogP contribution in [0, 0.1) is 12.7 Å². The Morgan fingerprint density at radius 3 is 2.59 bits per heavy atom. The van der Waals surface area contributed by atoms with Gasteiger partial charge in [-0.3, -0.25) is 9.48 Å². The van der Waals surface area contributed by atoms with Gasteiger partial charge < -0.3 is 9.80 Å². The number of fused-ring (bicyclic) bond motifs is 1.